The van der Waals surface area contributed by atoms with Gasteiger partial charge < -0.3 is 4.90 Å². The summed E-state index contributed by atoms with van der Waals surface area (Å²) >= 11 is 0. The Hall–Kier alpha value is -2.69. The van der Waals surface area contributed by atoms with Gasteiger partial charge >= 0.3 is 0 Å². The van der Waals surface area contributed by atoms with Gasteiger partial charge in [-0.15, -0.1) is 5.10 Å². The smallest absolute Gasteiger partial charge is 0.254 e. The van der Waals surface area contributed by atoms with Gasteiger partial charge in [-0.05, 0) is 48.6 Å². The Morgan fingerprint density at radius 1 is 1.20 bits per heavy atom. The number of fused-ring (bicyclic) bond motifs is 4. The molecule has 0 spiro atoms. The lowest BCUT2D eigenvalue weighted by Crippen LogP contribution is -2.46. The van der Waals surface area contributed by atoms with Crippen molar-refractivity contribution in [2.24, 2.45) is 7.05 Å². The van der Waals surface area contributed by atoms with Crippen LogP contribution in [-0.4, -0.2) is 38.4 Å². The minimum Gasteiger partial charge on any atom is -0.335 e. The Morgan fingerprint density at radius 2 is 2.08 bits per heavy atom. The second-order valence-electron chi connectivity index (χ2n) is 7.13. The molecule has 5 heteroatoms. The minimum atomic E-state index is 0.120. The van der Waals surface area contributed by atoms with Gasteiger partial charge in [-0.25, -0.2) is 4.68 Å². The molecule has 1 amide bonds. The maximum atomic E-state index is 13.2. The van der Waals surface area contributed by atoms with Crippen molar-refractivity contribution in [2.45, 2.75) is 31.2 Å². The molecular weight excluding hydrogens is 312 g/mol. The molecule has 126 valence electrons. The number of benzene rings is 2. The van der Waals surface area contributed by atoms with Crippen LogP contribution in [0.1, 0.15) is 40.2 Å². The van der Waals surface area contributed by atoms with Crippen LogP contribution < -0.4 is 0 Å². The van der Waals surface area contributed by atoms with Gasteiger partial charge in [-0.1, -0.05) is 29.5 Å². The molecule has 1 aliphatic heterocycles. The Bertz CT molecular complexity index is 977. The summed E-state index contributed by atoms with van der Waals surface area (Å²) in [6.45, 7) is 0.840. The van der Waals surface area contributed by atoms with E-state index in [0.29, 0.717) is 11.5 Å². The number of nitrogens with zero attached hydrogens (tertiary/aromatic N) is 4. The molecule has 3 aromatic rings. The maximum Gasteiger partial charge on any atom is 0.254 e. The second-order valence-corrected chi connectivity index (χ2v) is 7.13. The van der Waals surface area contributed by atoms with E-state index in [9.17, 15) is 4.79 Å². The van der Waals surface area contributed by atoms with Crippen LogP contribution in [0, 0.1) is 0 Å². The van der Waals surface area contributed by atoms with Crippen molar-refractivity contribution in [3.8, 4) is 0 Å². The highest BCUT2D eigenvalue weighted by Crippen LogP contribution is 2.42. The number of amides is 1. The number of hydrogen-bond donors (Lipinski definition) is 0. The minimum absolute atomic E-state index is 0.120. The number of piperidine rings is 1. The van der Waals surface area contributed by atoms with Gasteiger partial charge in [0.2, 0.25) is 0 Å². The van der Waals surface area contributed by atoms with Gasteiger partial charge in [-0.2, -0.15) is 0 Å². The molecule has 2 aromatic carbocycles. The monoisotopic (exact) mass is 332 g/mol. The first-order valence-corrected chi connectivity index (χ1v) is 8.90. The van der Waals surface area contributed by atoms with Crippen molar-refractivity contribution in [3.63, 3.8) is 0 Å². The summed E-state index contributed by atoms with van der Waals surface area (Å²) in [5.74, 6) is 0.601. The molecule has 2 heterocycles. The van der Waals surface area contributed by atoms with Crippen LogP contribution in [0.5, 0.6) is 0 Å². The first-order valence-electron chi connectivity index (χ1n) is 8.90. The normalized spacial score (nSPS) is 22.0. The third-order valence-corrected chi connectivity index (χ3v) is 5.78. The van der Waals surface area contributed by atoms with Crippen molar-refractivity contribution in [3.05, 3.63) is 59.2 Å². The van der Waals surface area contributed by atoms with E-state index in [1.54, 1.807) is 4.68 Å². The summed E-state index contributed by atoms with van der Waals surface area (Å²) in [7, 11) is 1.86. The fourth-order valence-electron chi connectivity index (χ4n) is 4.57. The summed E-state index contributed by atoms with van der Waals surface area (Å²) in [5.41, 5.74) is 5.28. The maximum absolute atomic E-state index is 13.2. The van der Waals surface area contributed by atoms with E-state index in [-0.39, 0.29) is 11.9 Å². The number of aryl methyl sites for hydroxylation is 1. The summed E-state index contributed by atoms with van der Waals surface area (Å²) < 4.78 is 1.73. The molecule has 2 atom stereocenters. The standard InChI is InChI=1S/C20H20N4O/c1-23-18-9-8-14(11-17(18)21-22-23)20(25)24-10-4-7-16-15-6-3-2-5-13(15)12-19(16)24/h2-3,5-6,8-9,11,16,19H,4,7,10,12H2,1H3. The van der Waals surface area contributed by atoms with Gasteiger partial charge in [0.25, 0.3) is 5.91 Å². The average molecular weight is 332 g/mol. The number of hydrogen-bond acceptors (Lipinski definition) is 3. The van der Waals surface area contributed by atoms with E-state index < -0.39 is 0 Å². The Balaban J connectivity index is 1.48. The Morgan fingerprint density at radius 3 is 3.00 bits per heavy atom. The number of aromatic nitrogens is 3. The van der Waals surface area contributed by atoms with Crippen LogP contribution in [0.15, 0.2) is 42.5 Å². The van der Waals surface area contributed by atoms with E-state index in [1.165, 1.54) is 17.5 Å². The molecule has 1 aromatic heterocycles. The molecule has 25 heavy (non-hydrogen) atoms. The van der Waals surface area contributed by atoms with Crippen molar-refractivity contribution in [1.29, 1.82) is 0 Å². The van der Waals surface area contributed by atoms with Crippen molar-refractivity contribution >= 4 is 16.9 Å². The van der Waals surface area contributed by atoms with Crippen molar-refractivity contribution in [1.82, 2.24) is 19.9 Å². The lowest BCUT2D eigenvalue weighted by Gasteiger charge is -2.38. The van der Waals surface area contributed by atoms with Gasteiger partial charge in [0.05, 0.1) is 5.52 Å². The second kappa shape index (κ2) is 5.41. The van der Waals surface area contributed by atoms with Gasteiger partial charge in [-0.3, -0.25) is 4.79 Å². The molecule has 1 aliphatic carbocycles. The topological polar surface area (TPSA) is 51.0 Å². The molecule has 0 saturated carbocycles. The first-order chi connectivity index (χ1) is 12.2. The molecular formula is C20H20N4O. The molecule has 0 radical (unpaired) electrons. The van der Waals surface area contributed by atoms with Crippen LogP contribution in [0.2, 0.25) is 0 Å². The first kappa shape index (κ1) is 14.6. The van der Waals surface area contributed by atoms with E-state index >= 15 is 0 Å². The zero-order valence-corrected chi connectivity index (χ0v) is 14.2. The van der Waals surface area contributed by atoms with Gasteiger partial charge in [0, 0.05) is 31.1 Å². The molecule has 0 N–H and O–H groups in total. The number of rotatable bonds is 1. The number of carbonyl (C=O) groups excluding carboxylic acids is 1. The van der Waals surface area contributed by atoms with Gasteiger partial charge in [0.15, 0.2) is 0 Å². The predicted octanol–water partition coefficient (Wildman–Crippen LogP) is 2.91. The lowest BCUT2D eigenvalue weighted by molar-refractivity contribution is 0.0595. The van der Waals surface area contributed by atoms with Crippen LogP contribution >= 0.6 is 0 Å². The van der Waals surface area contributed by atoms with E-state index in [1.807, 2.05) is 25.2 Å². The summed E-state index contributed by atoms with van der Waals surface area (Å²) in [6.07, 6.45) is 3.21. The zero-order chi connectivity index (χ0) is 17.0. The zero-order valence-electron chi connectivity index (χ0n) is 14.2. The van der Waals surface area contributed by atoms with Crippen molar-refractivity contribution < 1.29 is 4.79 Å². The van der Waals surface area contributed by atoms with E-state index in [4.69, 9.17) is 0 Å². The third-order valence-electron chi connectivity index (χ3n) is 5.78. The average Bonchev–Trinajstić information content (AvgIpc) is 3.21. The molecule has 0 bridgehead atoms. The van der Waals surface area contributed by atoms with Crippen LogP contribution in [-0.2, 0) is 13.5 Å². The highest BCUT2D eigenvalue weighted by molar-refractivity contribution is 5.97. The summed E-state index contributed by atoms with van der Waals surface area (Å²) in [4.78, 5) is 15.3. The molecule has 2 unspecified atom stereocenters. The van der Waals surface area contributed by atoms with Crippen LogP contribution in [0.3, 0.4) is 0 Å². The largest absolute Gasteiger partial charge is 0.335 e. The lowest BCUT2D eigenvalue weighted by atomic mass is 9.88. The summed E-state index contributed by atoms with van der Waals surface area (Å²) in [5, 5.41) is 8.18. The predicted molar refractivity (Wildman–Crippen MR) is 95.5 cm³/mol. The highest BCUT2D eigenvalue weighted by atomic mass is 16.2. The fraction of sp³-hybridized carbons (Fsp3) is 0.350. The molecule has 5 nitrogen and oxygen atoms in total. The molecule has 1 saturated heterocycles. The SMILES string of the molecule is Cn1nnc2cc(C(=O)N3CCCC4c5ccccc5CC43)ccc21. The van der Waals surface area contributed by atoms with Crippen LogP contribution in [0.25, 0.3) is 11.0 Å². The van der Waals surface area contributed by atoms with E-state index in [0.717, 1.165) is 30.4 Å². The fourth-order valence-corrected chi connectivity index (χ4v) is 4.57. The van der Waals surface area contributed by atoms with E-state index in [2.05, 4.69) is 39.5 Å². The summed E-state index contributed by atoms with van der Waals surface area (Å²) in [6, 6.07) is 14.7. The third kappa shape index (κ3) is 2.18. The van der Waals surface area contributed by atoms with Crippen molar-refractivity contribution in [2.75, 3.05) is 6.54 Å². The number of likely N-dealkylation sites (tertiary alicyclic amines) is 1. The highest BCUT2D eigenvalue weighted by Gasteiger charge is 2.40. The molecule has 1 fully saturated rings. The Kier molecular flexibility index (Phi) is 3.17. The quantitative estimate of drug-likeness (QED) is 0.688. The Labute approximate surface area is 146 Å². The molecule has 5 rings (SSSR count). The number of carbonyl (C=O) groups is 1. The molecule has 2 aliphatic rings. The van der Waals surface area contributed by atoms with Gasteiger partial charge in [0.1, 0.15) is 5.52 Å². The van der Waals surface area contributed by atoms with Crippen LogP contribution in [0.4, 0.5) is 0 Å².